The molecule has 2 atom stereocenters. The van der Waals surface area contributed by atoms with Crippen molar-refractivity contribution in [1.82, 2.24) is 4.72 Å². The maximum atomic E-state index is 11.7. The van der Waals surface area contributed by atoms with Gasteiger partial charge in [-0.15, -0.1) is 0 Å². The predicted octanol–water partition coefficient (Wildman–Crippen LogP) is 1.27. The second-order valence-corrected chi connectivity index (χ2v) is 4.86. The monoisotopic (exact) mass is 242 g/mol. The van der Waals surface area contributed by atoms with Crippen molar-refractivity contribution in [3.63, 3.8) is 0 Å². The number of nitro groups is 1. The summed E-state index contributed by atoms with van der Waals surface area (Å²) in [6.07, 6.45) is 0. The van der Waals surface area contributed by atoms with Gasteiger partial charge < -0.3 is 0 Å². The third kappa shape index (κ3) is 4.08. The normalized spacial score (nSPS) is 14.4. The fourth-order valence-electron chi connectivity index (χ4n) is 1.17. The van der Waals surface area contributed by atoms with Gasteiger partial charge in [0.15, 0.2) is 0 Å². The molecule has 1 aromatic carbocycles. The van der Waals surface area contributed by atoms with Crippen molar-refractivity contribution in [2.45, 2.75) is 24.8 Å². The SMILES string of the molecule is Cc1ccc([S@](=O)N[C@H](C)C[N+](=O)[O-])cc1. The standard InChI is InChI=1S/C10H14N2O3S/c1-8-3-5-10(6-4-8)16(15)11-9(2)7-12(13)14/h3-6,9,11H,7H2,1-2H3/t9-,16+/m1/s1. The number of aryl methyl sites for hydroxylation is 1. The van der Waals surface area contributed by atoms with Gasteiger partial charge in [0.25, 0.3) is 0 Å². The Bertz CT molecular complexity index is 392. The first-order valence-electron chi connectivity index (χ1n) is 4.85. The molecule has 0 aliphatic heterocycles. The van der Waals surface area contributed by atoms with E-state index >= 15 is 0 Å². The zero-order valence-corrected chi connectivity index (χ0v) is 9.99. The van der Waals surface area contributed by atoms with Crippen LogP contribution < -0.4 is 4.72 Å². The highest BCUT2D eigenvalue weighted by molar-refractivity contribution is 7.83. The Hall–Kier alpha value is -1.27. The molecule has 0 amide bonds. The molecule has 0 unspecified atom stereocenters. The zero-order valence-electron chi connectivity index (χ0n) is 9.17. The van der Waals surface area contributed by atoms with Crippen molar-refractivity contribution in [2.75, 3.05) is 6.54 Å². The third-order valence-corrected chi connectivity index (χ3v) is 3.28. The largest absolute Gasteiger partial charge is 0.264 e. The van der Waals surface area contributed by atoms with Crippen LogP contribution in [0.1, 0.15) is 12.5 Å². The van der Waals surface area contributed by atoms with E-state index in [2.05, 4.69) is 4.72 Å². The molecule has 0 bridgehead atoms. The summed E-state index contributed by atoms with van der Waals surface area (Å²) >= 11 is 0. The van der Waals surface area contributed by atoms with Crippen LogP contribution in [0.25, 0.3) is 0 Å². The molecule has 1 N–H and O–H groups in total. The van der Waals surface area contributed by atoms with Crippen molar-refractivity contribution in [2.24, 2.45) is 0 Å². The fraction of sp³-hybridized carbons (Fsp3) is 0.400. The van der Waals surface area contributed by atoms with Crippen LogP contribution in [0.3, 0.4) is 0 Å². The van der Waals surface area contributed by atoms with Crippen molar-refractivity contribution in [3.8, 4) is 0 Å². The second kappa shape index (κ2) is 5.72. The molecule has 0 aliphatic rings. The van der Waals surface area contributed by atoms with Gasteiger partial charge in [0.1, 0.15) is 11.0 Å². The van der Waals surface area contributed by atoms with Crippen molar-refractivity contribution >= 4 is 11.0 Å². The summed E-state index contributed by atoms with van der Waals surface area (Å²) in [5, 5.41) is 10.2. The van der Waals surface area contributed by atoms with Gasteiger partial charge in [-0.3, -0.25) is 10.1 Å². The van der Waals surface area contributed by atoms with Crippen LogP contribution in [0.15, 0.2) is 29.2 Å². The van der Waals surface area contributed by atoms with Gasteiger partial charge >= 0.3 is 0 Å². The van der Waals surface area contributed by atoms with Gasteiger partial charge in [0.05, 0.1) is 10.9 Å². The van der Waals surface area contributed by atoms with E-state index in [4.69, 9.17) is 0 Å². The predicted molar refractivity (Wildman–Crippen MR) is 62.0 cm³/mol. The Kier molecular flexibility index (Phi) is 4.57. The van der Waals surface area contributed by atoms with E-state index in [9.17, 15) is 14.3 Å². The van der Waals surface area contributed by atoms with Gasteiger partial charge in [0.2, 0.25) is 6.54 Å². The Morgan fingerprint density at radius 1 is 1.44 bits per heavy atom. The van der Waals surface area contributed by atoms with E-state index in [-0.39, 0.29) is 6.54 Å². The highest BCUT2D eigenvalue weighted by atomic mass is 32.2. The first-order valence-corrected chi connectivity index (χ1v) is 6.00. The lowest BCUT2D eigenvalue weighted by Gasteiger charge is -2.08. The first kappa shape index (κ1) is 12.8. The third-order valence-electron chi connectivity index (χ3n) is 1.97. The highest BCUT2D eigenvalue weighted by Gasteiger charge is 2.12. The summed E-state index contributed by atoms with van der Waals surface area (Å²) < 4.78 is 14.4. The van der Waals surface area contributed by atoms with Crippen LogP contribution in [0, 0.1) is 17.0 Å². The summed E-state index contributed by atoms with van der Waals surface area (Å²) in [6.45, 7) is 3.34. The number of nitrogens with zero attached hydrogens (tertiary/aromatic N) is 1. The molecule has 0 aliphatic carbocycles. The van der Waals surface area contributed by atoms with Crippen LogP contribution in [-0.4, -0.2) is 21.7 Å². The number of hydrogen-bond acceptors (Lipinski definition) is 3. The minimum absolute atomic E-state index is 0.238. The fourth-order valence-corrected chi connectivity index (χ4v) is 2.13. The lowest BCUT2D eigenvalue weighted by atomic mass is 10.2. The molecule has 0 heterocycles. The first-order chi connectivity index (χ1) is 7.49. The quantitative estimate of drug-likeness (QED) is 0.624. The molecule has 0 spiro atoms. The molecular formula is C10H14N2O3S. The van der Waals surface area contributed by atoms with Crippen LogP contribution in [-0.2, 0) is 11.0 Å². The van der Waals surface area contributed by atoms with Crippen LogP contribution in [0.2, 0.25) is 0 Å². The summed E-state index contributed by atoms with van der Waals surface area (Å²) in [7, 11) is -1.39. The summed E-state index contributed by atoms with van der Waals surface area (Å²) in [4.78, 5) is 10.4. The lowest BCUT2D eigenvalue weighted by Crippen LogP contribution is -2.34. The number of hydrogen-bond donors (Lipinski definition) is 1. The average Bonchev–Trinajstić information content (AvgIpc) is 2.16. The van der Waals surface area contributed by atoms with Gasteiger partial charge in [-0.05, 0) is 26.0 Å². The van der Waals surface area contributed by atoms with Crippen LogP contribution >= 0.6 is 0 Å². The molecule has 16 heavy (non-hydrogen) atoms. The van der Waals surface area contributed by atoms with Crippen molar-refractivity contribution < 1.29 is 9.13 Å². The molecule has 88 valence electrons. The van der Waals surface area contributed by atoms with Crippen LogP contribution in [0.5, 0.6) is 0 Å². The Balaban J connectivity index is 2.58. The average molecular weight is 242 g/mol. The minimum atomic E-state index is -1.39. The maximum Gasteiger partial charge on any atom is 0.219 e. The lowest BCUT2D eigenvalue weighted by molar-refractivity contribution is -0.482. The molecule has 1 aromatic rings. The molecule has 1 rings (SSSR count). The number of nitrogens with one attached hydrogen (secondary N) is 1. The molecular weight excluding hydrogens is 228 g/mol. The van der Waals surface area contributed by atoms with Crippen molar-refractivity contribution in [3.05, 3.63) is 39.9 Å². The van der Waals surface area contributed by atoms with Gasteiger partial charge in [-0.2, -0.15) is 0 Å². The van der Waals surface area contributed by atoms with Gasteiger partial charge in [-0.25, -0.2) is 8.93 Å². The summed E-state index contributed by atoms with van der Waals surface area (Å²) in [5.74, 6) is 0. The van der Waals surface area contributed by atoms with Gasteiger partial charge in [0, 0.05) is 4.92 Å². The Labute approximate surface area is 96.6 Å². The Morgan fingerprint density at radius 2 is 2.00 bits per heavy atom. The topological polar surface area (TPSA) is 72.2 Å². The van der Waals surface area contributed by atoms with E-state index in [1.807, 2.05) is 19.1 Å². The van der Waals surface area contributed by atoms with E-state index in [0.717, 1.165) is 5.56 Å². The highest BCUT2D eigenvalue weighted by Crippen LogP contribution is 2.07. The Morgan fingerprint density at radius 3 is 2.50 bits per heavy atom. The number of rotatable bonds is 5. The smallest absolute Gasteiger partial charge is 0.219 e. The molecule has 0 aromatic heterocycles. The zero-order chi connectivity index (χ0) is 12.1. The number of benzene rings is 1. The molecule has 0 radical (unpaired) electrons. The summed E-state index contributed by atoms with van der Waals surface area (Å²) in [6, 6.07) is 6.78. The summed E-state index contributed by atoms with van der Waals surface area (Å²) in [5.41, 5.74) is 1.08. The minimum Gasteiger partial charge on any atom is -0.264 e. The second-order valence-electron chi connectivity index (χ2n) is 3.62. The van der Waals surface area contributed by atoms with Crippen molar-refractivity contribution in [1.29, 1.82) is 0 Å². The molecule has 0 saturated carbocycles. The van der Waals surface area contributed by atoms with Gasteiger partial charge in [-0.1, -0.05) is 17.7 Å². The van der Waals surface area contributed by atoms with Crippen LogP contribution in [0.4, 0.5) is 0 Å². The van der Waals surface area contributed by atoms with E-state index < -0.39 is 22.0 Å². The molecule has 0 saturated heterocycles. The molecule has 5 nitrogen and oxygen atoms in total. The van der Waals surface area contributed by atoms with E-state index in [0.29, 0.717) is 4.90 Å². The maximum absolute atomic E-state index is 11.7. The van der Waals surface area contributed by atoms with E-state index in [1.54, 1.807) is 19.1 Å². The van der Waals surface area contributed by atoms with E-state index in [1.165, 1.54) is 0 Å². The molecule has 0 fully saturated rings. The molecule has 6 heteroatoms.